The van der Waals surface area contributed by atoms with E-state index in [0.29, 0.717) is 23.7 Å². The molecule has 5 heteroatoms. The average molecular weight is 184 g/mol. The van der Waals surface area contributed by atoms with Crippen LogP contribution in [0.25, 0.3) is 0 Å². The summed E-state index contributed by atoms with van der Waals surface area (Å²) in [5.41, 5.74) is 1.23. The van der Waals surface area contributed by atoms with Crippen molar-refractivity contribution in [2.75, 3.05) is 11.9 Å². The number of aromatic nitrogens is 1. The summed E-state index contributed by atoms with van der Waals surface area (Å²) < 4.78 is 9.56. The summed E-state index contributed by atoms with van der Waals surface area (Å²) in [6.07, 6.45) is -0.489. The van der Waals surface area contributed by atoms with Gasteiger partial charge in [-0.1, -0.05) is 5.16 Å². The van der Waals surface area contributed by atoms with Gasteiger partial charge in [-0.15, -0.1) is 0 Å². The second kappa shape index (κ2) is 3.93. The van der Waals surface area contributed by atoms with Gasteiger partial charge in [0.25, 0.3) is 0 Å². The fourth-order valence-electron chi connectivity index (χ4n) is 0.931. The summed E-state index contributed by atoms with van der Waals surface area (Å²) in [7, 11) is 0. The lowest BCUT2D eigenvalue weighted by atomic mass is 10.3. The molecule has 0 saturated carbocycles. The topological polar surface area (TPSA) is 64.4 Å². The molecular weight excluding hydrogens is 172 g/mol. The van der Waals surface area contributed by atoms with Crippen molar-refractivity contribution >= 4 is 11.8 Å². The highest BCUT2D eigenvalue weighted by Crippen LogP contribution is 2.18. The van der Waals surface area contributed by atoms with Crippen LogP contribution in [0, 0.1) is 13.8 Å². The van der Waals surface area contributed by atoms with Crippen molar-refractivity contribution in [1.82, 2.24) is 5.16 Å². The lowest BCUT2D eigenvalue weighted by molar-refractivity contribution is 0.168. The summed E-state index contributed by atoms with van der Waals surface area (Å²) in [6.45, 7) is 5.56. The molecule has 0 aliphatic heterocycles. The zero-order valence-corrected chi connectivity index (χ0v) is 7.88. The van der Waals surface area contributed by atoms with Crippen molar-refractivity contribution in [3.8, 4) is 0 Å². The van der Waals surface area contributed by atoms with Gasteiger partial charge in [-0.25, -0.2) is 4.79 Å². The van der Waals surface area contributed by atoms with Gasteiger partial charge in [0.15, 0.2) is 5.76 Å². The largest absolute Gasteiger partial charge is 0.450 e. The van der Waals surface area contributed by atoms with Crippen molar-refractivity contribution in [3.63, 3.8) is 0 Å². The van der Waals surface area contributed by atoms with E-state index in [4.69, 9.17) is 9.26 Å². The minimum absolute atomic E-state index is 0.342. The SMILES string of the molecule is CCOC(=O)Nc1c(C)noc1C. The molecule has 0 atom stereocenters. The Kier molecular flexibility index (Phi) is 2.89. The number of hydrogen-bond donors (Lipinski definition) is 1. The second-order valence-corrected chi connectivity index (χ2v) is 2.54. The number of rotatable bonds is 2. The number of nitrogens with zero attached hydrogens (tertiary/aromatic N) is 1. The van der Waals surface area contributed by atoms with Gasteiger partial charge in [0.1, 0.15) is 11.4 Å². The first-order valence-electron chi connectivity index (χ1n) is 4.01. The van der Waals surface area contributed by atoms with Crippen molar-refractivity contribution in [2.24, 2.45) is 0 Å². The smallest absolute Gasteiger partial charge is 0.411 e. The van der Waals surface area contributed by atoms with Gasteiger partial charge in [0.2, 0.25) is 0 Å². The van der Waals surface area contributed by atoms with Crippen LogP contribution < -0.4 is 5.32 Å². The normalized spacial score (nSPS) is 9.77. The molecule has 72 valence electrons. The van der Waals surface area contributed by atoms with Gasteiger partial charge in [0.05, 0.1) is 6.61 Å². The van der Waals surface area contributed by atoms with E-state index in [0.717, 1.165) is 0 Å². The molecule has 0 spiro atoms. The summed E-state index contributed by atoms with van der Waals surface area (Å²) in [5.74, 6) is 0.575. The van der Waals surface area contributed by atoms with Crippen LogP contribution >= 0.6 is 0 Å². The molecular formula is C8H12N2O3. The standard InChI is InChI=1S/C8H12N2O3/c1-4-12-8(11)9-7-5(2)10-13-6(7)3/h4H2,1-3H3,(H,9,11). The Balaban J connectivity index is 2.68. The molecule has 1 rings (SSSR count). The fourth-order valence-corrected chi connectivity index (χ4v) is 0.931. The summed E-state index contributed by atoms with van der Waals surface area (Å²) in [4.78, 5) is 11.0. The van der Waals surface area contributed by atoms with E-state index in [-0.39, 0.29) is 0 Å². The van der Waals surface area contributed by atoms with Crippen LogP contribution in [0.4, 0.5) is 10.5 Å². The number of carbonyl (C=O) groups excluding carboxylic acids is 1. The molecule has 0 aliphatic carbocycles. The number of ether oxygens (including phenoxy) is 1. The molecule has 0 aliphatic rings. The Morgan fingerprint density at radius 2 is 2.31 bits per heavy atom. The minimum atomic E-state index is -0.489. The molecule has 13 heavy (non-hydrogen) atoms. The molecule has 0 fully saturated rings. The number of carbonyl (C=O) groups is 1. The van der Waals surface area contributed by atoms with Gasteiger partial charge in [0, 0.05) is 0 Å². The predicted molar refractivity (Wildman–Crippen MR) is 46.6 cm³/mol. The number of amides is 1. The molecule has 1 aromatic heterocycles. The number of anilines is 1. The number of hydrogen-bond acceptors (Lipinski definition) is 4. The Morgan fingerprint density at radius 1 is 1.62 bits per heavy atom. The van der Waals surface area contributed by atoms with Gasteiger partial charge in [-0.3, -0.25) is 5.32 Å². The van der Waals surface area contributed by atoms with E-state index < -0.39 is 6.09 Å². The third kappa shape index (κ3) is 2.21. The Morgan fingerprint density at radius 3 is 2.77 bits per heavy atom. The maximum atomic E-state index is 11.0. The maximum absolute atomic E-state index is 11.0. The van der Waals surface area contributed by atoms with E-state index >= 15 is 0 Å². The van der Waals surface area contributed by atoms with Crippen LogP contribution in [0.1, 0.15) is 18.4 Å². The molecule has 1 amide bonds. The van der Waals surface area contributed by atoms with Gasteiger partial charge in [-0.2, -0.15) is 0 Å². The third-order valence-corrected chi connectivity index (χ3v) is 1.54. The van der Waals surface area contributed by atoms with E-state index in [1.54, 1.807) is 20.8 Å². The van der Waals surface area contributed by atoms with Crippen molar-refractivity contribution in [2.45, 2.75) is 20.8 Å². The van der Waals surface area contributed by atoms with Crippen molar-refractivity contribution in [3.05, 3.63) is 11.5 Å². The highest BCUT2D eigenvalue weighted by Gasteiger charge is 2.11. The van der Waals surface area contributed by atoms with E-state index in [9.17, 15) is 4.79 Å². The average Bonchev–Trinajstić information content (AvgIpc) is 2.36. The van der Waals surface area contributed by atoms with Crippen LogP contribution in [0.15, 0.2) is 4.52 Å². The van der Waals surface area contributed by atoms with Crippen LogP contribution in [0.2, 0.25) is 0 Å². The van der Waals surface area contributed by atoms with Gasteiger partial charge in [-0.05, 0) is 20.8 Å². The molecule has 1 aromatic rings. The number of aryl methyl sites for hydroxylation is 2. The quantitative estimate of drug-likeness (QED) is 0.761. The number of nitrogens with one attached hydrogen (secondary N) is 1. The lowest BCUT2D eigenvalue weighted by Gasteiger charge is -2.02. The van der Waals surface area contributed by atoms with Gasteiger partial charge < -0.3 is 9.26 Å². The highest BCUT2D eigenvalue weighted by atomic mass is 16.5. The predicted octanol–water partition coefficient (Wildman–Crippen LogP) is 1.86. The zero-order valence-electron chi connectivity index (χ0n) is 7.88. The minimum Gasteiger partial charge on any atom is -0.450 e. The highest BCUT2D eigenvalue weighted by molar-refractivity contribution is 5.85. The van der Waals surface area contributed by atoms with Crippen LogP contribution in [0.3, 0.4) is 0 Å². The second-order valence-electron chi connectivity index (χ2n) is 2.54. The first kappa shape index (κ1) is 9.57. The lowest BCUT2D eigenvalue weighted by Crippen LogP contribution is -2.14. The molecule has 1 heterocycles. The monoisotopic (exact) mass is 184 g/mol. The Hall–Kier alpha value is -1.52. The molecule has 5 nitrogen and oxygen atoms in total. The van der Waals surface area contributed by atoms with Crippen LogP contribution in [-0.4, -0.2) is 17.9 Å². The van der Waals surface area contributed by atoms with Gasteiger partial charge >= 0.3 is 6.09 Å². The summed E-state index contributed by atoms with van der Waals surface area (Å²) in [5, 5.41) is 6.23. The molecule has 0 aromatic carbocycles. The maximum Gasteiger partial charge on any atom is 0.411 e. The van der Waals surface area contributed by atoms with Crippen LogP contribution in [-0.2, 0) is 4.74 Å². The molecule has 0 unspecified atom stereocenters. The molecule has 0 saturated heterocycles. The van der Waals surface area contributed by atoms with Crippen LogP contribution in [0.5, 0.6) is 0 Å². The van der Waals surface area contributed by atoms with E-state index in [1.165, 1.54) is 0 Å². The van der Waals surface area contributed by atoms with Crippen molar-refractivity contribution < 1.29 is 14.1 Å². The molecule has 1 N–H and O–H groups in total. The fraction of sp³-hybridized carbons (Fsp3) is 0.500. The first-order chi connectivity index (χ1) is 6.15. The Bertz CT molecular complexity index is 287. The zero-order chi connectivity index (χ0) is 9.84. The Labute approximate surface area is 76.0 Å². The van der Waals surface area contributed by atoms with E-state index in [2.05, 4.69) is 10.5 Å². The summed E-state index contributed by atoms with van der Waals surface area (Å²) in [6, 6.07) is 0. The van der Waals surface area contributed by atoms with E-state index in [1.807, 2.05) is 0 Å². The summed E-state index contributed by atoms with van der Waals surface area (Å²) >= 11 is 0. The first-order valence-corrected chi connectivity index (χ1v) is 4.01. The molecule has 0 radical (unpaired) electrons. The van der Waals surface area contributed by atoms with Crippen molar-refractivity contribution in [1.29, 1.82) is 0 Å². The molecule has 0 bridgehead atoms. The third-order valence-electron chi connectivity index (χ3n) is 1.54.